The Morgan fingerprint density at radius 1 is 0.583 bits per heavy atom. The van der Waals surface area contributed by atoms with Crippen LogP contribution in [-0.2, 0) is 0 Å². The first-order chi connectivity index (χ1) is 23.6. The minimum absolute atomic E-state index is 0.00125. The van der Waals surface area contributed by atoms with E-state index in [2.05, 4.69) is 20.2 Å². The maximum absolute atomic E-state index is 11.3. The van der Waals surface area contributed by atoms with Crippen LogP contribution in [0.4, 0.5) is 17.1 Å². The lowest BCUT2D eigenvalue weighted by Crippen LogP contribution is -2.10. The van der Waals surface area contributed by atoms with Crippen LogP contribution in [0.15, 0.2) is 144 Å². The van der Waals surface area contributed by atoms with Gasteiger partial charge >= 0.3 is 0 Å². The third kappa shape index (κ3) is 4.67. The summed E-state index contributed by atoms with van der Waals surface area (Å²) in [6.07, 6.45) is 3.80. The molecule has 9 aromatic rings. The standard InChI is InChI=1S/C38H25N7O3/c46-34-21-26(16-18-28(34)33-23-43-20-6-5-11-37(43)39-33)44(24-12-14-25(15-13-24)45-41-30-7-1-2-8-31(30)42-45)27-17-19-29(35(47)22-27)38-40-32-9-3-4-10-36(32)48-38/h1-23,46-47H. The van der Waals surface area contributed by atoms with Crippen molar-refractivity contribution in [3.05, 3.63) is 140 Å². The van der Waals surface area contributed by atoms with Crippen LogP contribution in [-0.4, -0.2) is 39.6 Å². The SMILES string of the molecule is Oc1cc(N(c2ccc(-n3nc4ccccc4n3)cc2)c2ccc(-c3nc4ccccc4o3)c(O)c2)ccc1-c1cn2ccccc2n1. The highest BCUT2D eigenvalue weighted by Gasteiger charge is 2.20. The van der Waals surface area contributed by atoms with Gasteiger partial charge in [-0.2, -0.15) is 4.80 Å². The van der Waals surface area contributed by atoms with Crippen LogP contribution in [0.1, 0.15) is 0 Å². The van der Waals surface area contributed by atoms with E-state index in [1.165, 1.54) is 0 Å². The van der Waals surface area contributed by atoms with Crippen molar-refractivity contribution >= 4 is 44.8 Å². The lowest BCUT2D eigenvalue weighted by Gasteiger charge is -2.26. The smallest absolute Gasteiger partial charge is 0.231 e. The van der Waals surface area contributed by atoms with Crippen LogP contribution < -0.4 is 4.90 Å². The molecule has 9 rings (SSSR count). The molecule has 0 aliphatic carbocycles. The fourth-order valence-corrected chi connectivity index (χ4v) is 5.92. The number of oxazole rings is 1. The second kappa shape index (κ2) is 10.8. The van der Waals surface area contributed by atoms with Gasteiger partial charge in [-0.3, -0.25) is 0 Å². The topological polar surface area (TPSA) is 118 Å². The summed E-state index contributed by atoms with van der Waals surface area (Å²) in [5, 5.41) is 31.8. The normalized spacial score (nSPS) is 11.5. The molecule has 230 valence electrons. The molecule has 0 saturated carbocycles. The molecule has 4 aromatic heterocycles. The number of hydrogen-bond acceptors (Lipinski definition) is 8. The van der Waals surface area contributed by atoms with Gasteiger partial charge in [0.25, 0.3) is 0 Å². The summed E-state index contributed by atoms with van der Waals surface area (Å²) in [5.41, 5.74) is 8.35. The fraction of sp³-hybridized carbons (Fsp3) is 0. The number of para-hydroxylation sites is 2. The van der Waals surface area contributed by atoms with E-state index in [1.54, 1.807) is 23.0 Å². The van der Waals surface area contributed by atoms with Crippen LogP contribution >= 0.6 is 0 Å². The van der Waals surface area contributed by atoms with Gasteiger partial charge in [0, 0.05) is 47.2 Å². The number of pyridine rings is 1. The summed E-state index contributed by atoms with van der Waals surface area (Å²) in [6.45, 7) is 0. The molecule has 0 bridgehead atoms. The average Bonchev–Trinajstić information content (AvgIpc) is 3.85. The molecule has 0 saturated heterocycles. The van der Waals surface area contributed by atoms with Gasteiger partial charge in [0.05, 0.1) is 16.9 Å². The number of rotatable bonds is 6. The number of nitrogens with zero attached hydrogens (tertiary/aromatic N) is 7. The van der Waals surface area contributed by atoms with Crippen molar-refractivity contribution in [2.75, 3.05) is 4.90 Å². The van der Waals surface area contributed by atoms with Crippen LogP contribution in [0.2, 0.25) is 0 Å². The van der Waals surface area contributed by atoms with E-state index in [1.807, 2.05) is 131 Å². The number of aromatic nitrogens is 6. The molecular formula is C38H25N7O3. The van der Waals surface area contributed by atoms with E-state index < -0.39 is 0 Å². The van der Waals surface area contributed by atoms with Crippen molar-refractivity contribution in [1.82, 2.24) is 29.4 Å². The first-order valence-corrected chi connectivity index (χ1v) is 15.3. The van der Waals surface area contributed by atoms with Crippen molar-refractivity contribution in [3.8, 4) is 39.9 Å². The van der Waals surface area contributed by atoms with Crippen molar-refractivity contribution in [3.63, 3.8) is 0 Å². The summed E-state index contributed by atoms with van der Waals surface area (Å²) in [7, 11) is 0. The molecule has 4 heterocycles. The quantitative estimate of drug-likeness (QED) is 0.189. The zero-order valence-electron chi connectivity index (χ0n) is 25.2. The van der Waals surface area contributed by atoms with Gasteiger partial charge < -0.3 is 23.9 Å². The van der Waals surface area contributed by atoms with Crippen LogP contribution in [0.5, 0.6) is 11.5 Å². The zero-order valence-corrected chi connectivity index (χ0v) is 25.2. The summed E-state index contributed by atoms with van der Waals surface area (Å²) in [6, 6.07) is 39.5. The molecule has 5 aromatic carbocycles. The number of phenolic OH excluding ortho intramolecular Hbond substituents is 2. The predicted molar refractivity (Wildman–Crippen MR) is 184 cm³/mol. The van der Waals surface area contributed by atoms with Crippen molar-refractivity contribution in [1.29, 1.82) is 0 Å². The highest BCUT2D eigenvalue weighted by atomic mass is 16.3. The first kappa shape index (κ1) is 27.4. The van der Waals surface area contributed by atoms with E-state index in [4.69, 9.17) is 4.42 Å². The van der Waals surface area contributed by atoms with Crippen molar-refractivity contribution in [2.45, 2.75) is 0 Å². The van der Waals surface area contributed by atoms with Gasteiger partial charge in [-0.05, 0) is 84.9 Å². The Hall–Kier alpha value is -6.94. The second-order valence-electron chi connectivity index (χ2n) is 11.3. The summed E-state index contributed by atoms with van der Waals surface area (Å²) < 4.78 is 7.85. The predicted octanol–water partition coefficient (Wildman–Crippen LogP) is 8.42. The monoisotopic (exact) mass is 627 g/mol. The molecule has 0 atom stereocenters. The van der Waals surface area contributed by atoms with E-state index in [-0.39, 0.29) is 11.5 Å². The fourth-order valence-electron chi connectivity index (χ4n) is 5.92. The third-order valence-electron chi connectivity index (χ3n) is 8.27. The van der Waals surface area contributed by atoms with Gasteiger partial charge in [0.2, 0.25) is 5.89 Å². The maximum atomic E-state index is 11.3. The number of hydrogen-bond donors (Lipinski definition) is 2. The Morgan fingerprint density at radius 3 is 1.88 bits per heavy atom. The van der Waals surface area contributed by atoms with E-state index in [0.717, 1.165) is 28.1 Å². The Balaban J connectivity index is 1.13. The van der Waals surface area contributed by atoms with Crippen molar-refractivity contribution < 1.29 is 14.6 Å². The summed E-state index contributed by atoms with van der Waals surface area (Å²) in [4.78, 5) is 12.8. The molecule has 48 heavy (non-hydrogen) atoms. The molecule has 10 nitrogen and oxygen atoms in total. The Morgan fingerprint density at radius 2 is 1.21 bits per heavy atom. The van der Waals surface area contributed by atoms with Crippen molar-refractivity contribution in [2.24, 2.45) is 0 Å². The molecule has 2 N–H and O–H groups in total. The maximum Gasteiger partial charge on any atom is 0.231 e. The highest BCUT2D eigenvalue weighted by molar-refractivity contribution is 5.84. The molecule has 0 aliphatic rings. The molecule has 0 radical (unpaired) electrons. The van der Waals surface area contributed by atoms with Gasteiger partial charge in [-0.25, -0.2) is 9.97 Å². The number of benzene rings is 5. The van der Waals surface area contributed by atoms with Crippen LogP contribution in [0.25, 0.3) is 56.2 Å². The van der Waals surface area contributed by atoms with E-state index >= 15 is 0 Å². The van der Waals surface area contributed by atoms with Gasteiger partial charge in [-0.1, -0.05) is 30.3 Å². The summed E-state index contributed by atoms with van der Waals surface area (Å²) in [5.74, 6) is 0.389. The van der Waals surface area contributed by atoms with E-state index in [0.29, 0.717) is 45.2 Å². The van der Waals surface area contributed by atoms with Gasteiger partial charge in [0.1, 0.15) is 33.7 Å². The third-order valence-corrected chi connectivity index (χ3v) is 8.27. The average molecular weight is 628 g/mol. The number of fused-ring (bicyclic) bond motifs is 3. The van der Waals surface area contributed by atoms with Gasteiger partial charge in [-0.15, -0.1) is 10.2 Å². The number of anilines is 3. The number of imidazole rings is 1. The van der Waals surface area contributed by atoms with E-state index in [9.17, 15) is 10.2 Å². The molecular weight excluding hydrogens is 602 g/mol. The first-order valence-electron chi connectivity index (χ1n) is 15.3. The molecule has 0 aliphatic heterocycles. The molecule has 10 heteroatoms. The van der Waals surface area contributed by atoms with Crippen LogP contribution in [0, 0.1) is 0 Å². The van der Waals surface area contributed by atoms with Gasteiger partial charge in [0.15, 0.2) is 5.58 Å². The number of phenols is 2. The zero-order chi connectivity index (χ0) is 32.2. The molecule has 0 amide bonds. The lowest BCUT2D eigenvalue weighted by atomic mass is 10.1. The van der Waals surface area contributed by atoms with Crippen LogP contribution in [0.3, 0.4) is 0 Å². The Kier molecular flexibility index (Phi) is 6.19. The molecule has 0 fully saturated rings. The highest BCUT2D eigenvalue weighted by Crippen LogP contribution is 2.42. The lowest BCUT2D eigenvalue weighted by molar-refractivity contribution is 0.474. The minimum atomic E-state index is -0.00125. The Labute approximate surface area is 273 Å². The minimum Gasteiger partial charge on any atom is -0.507 e. The molecule has 0 spiro atoms. The number of aromatic hydroxyl groups is 2. The largest absolute Gasteiger partial charge is 0.507 e. The Bertz CT molecular complexity index is 2400. The second-order valence-corrected chi connectivity index (χ2v) is 11.3. The molecule has 0 unspecified atom stereocenters. The summed E-state index contributed by atoms with van der Waals surface area (Å²) >= 11 is 0.